The van der Waals surface area contributed by atoms with Crippen LogP contribution in [0.15, 0.2) is 71.0 Å². The van der Waals surface area contributed by atoms with Gasteiger partial charge in [0.1, 0.15) is 11.0 Å². The van der Waals surface area contributed by atoms with E-state index < -0.39 is 0 Å². The van der Waals surface area contributed by atoms with Gasteiger partial charge in [-0.1, -0.05) is 45.6 Å². The highest BCUT2D eigenvalue weighted by atomic mass is 16.5. The summed E-state index contributed by atoms with van der Waals surface area (Å²) in [5, 5.41) is 6.03. The number of hydrogen-bond donors (Lipinski definition) is 3. The van der Waals surface area contributed by atoms with Crippen LogP contribution in [0.3, 0.4) is 0 Å². The minimum Gasteiger partial charge on any atom is -0.480 e. The summed E-state index contributed by atoms with van der Waals surface area (Å²) >= 11 is 0. The Kier molecular flexibility index (Phi) is 9.82. The first-order chi connectivity index (χ1) is 16.5. The van der Waals surface area contributed by atoms with E-state index >= 15 is 0 Å². The number of pyridine rings is 1. The molecule has 3 N–H and O–H groups in total. The van der Waals surface area contributed by atoms with Gasteiger partial charge in [-0.05, 0) is 30.2 Å². The van der Waals surface area contributed by atoms with Crippen LogP contribution in [-0.2, 0) is 16.1 Å². The van der Waals surface area contributed by atoms with Gasteiger partial charge in [-0.25, -0.2) is 4.98 Å². The first-order valence-corrected chi connectivity index (χ1v) is 11.1. The number of allylic oxidation sites excluding steroid dienone is 1. The van der Waals surface area contributed by atoms with Crippen molar-refractivity contribution in [2.75, 3.05) is 24.8 Å². The number of nitrogens with one attached hydrogen (secondary N) is 3. The maximum absolute atomic E-state index is 13.0. The second-order valence-corrected chi connectivity index (χ2v) is 6.88. The van der Waals surface area contributed by atoms with E-state index in [2.05, 4.69) is 32.2 Å². The summed E-state index contributed by atoms with van der Waals surface area (Å²) in [5.41, 5.74) is 3.48. The fourth-order valence-corrected chi connectivity index (χ4v) is 3.29. The van der Waals surface area contributed by atoms with Crippen LogP contribution in [0, 0.1) is 0 Å². The average Bonchev–Trinajstić information content (AvgIpc) is 3.35. The molecular formula is C25H32N6O3. The lowest BCUT2D eigenvalue weighted by atomic mass is 10.2. The maximum Gasteiger partial charge on any atom is 0.276 e. The Bertz CT molecular complexity index is 1250. The Labute approximate surface area is 199 Å². The van der Waals surface area contributed by atoms with E-state index in [0.29, 0.717) is 40.5 Å². The quantitative estimate of drug-likeness (QED) is 0.261. The second kappa shape index (κ2) is 12.8. The highest BCUT2D eigenvalue weighted by Crippen LogP contribution is 2.21. The van der Waals surface area contributed by atoms with Gasteiger partial charge in [0.2, 0.25) is 11.8 Å². The summed E-state index contributed by atoms with van der Waals surface area (Å²) in [4.78, 5) is 36.0. The van der Waals surface area contributed by atoms with Gasteiger partial charge >= 0.3 is 0 Å². The maximum atomic E-state index is 13.0. The van der Waals surface area contributed by atoms with Gasteiger partial charge in [-0.3, -0.25) is 14.6 Å². The van der Waals surface area contributed by atoms with E-state index in [9.17, 15) is 9.59 Å². The molecule has 0 aliphatic rings. The van der Waals surface area contributed by atoms with Crippen LogP contribution in [0.5, 0.6) is 0 Å². The standard InChI is InChI=1S/C23H26N6O3.C2H6/c1-5-8-17(22(24-3)32-4)28-18-13-29(23(31)21-20(18)25-14-26-21)12-15-9-7-10-16(11-15)27-19(30)6-2;1-2/h6-11,13-14,28H,2,5,12H2,1,3-4H3,(H,25,26)(H,27,30);1-2H3/b17-8+,24-22?;. The number of amides is 1. The van der Waals surface area contributed by atoms with Crippen molar-refractivity contribution in [3.8, 4) is 0 Å². The third-order valence-corrected chi connectivity index (χ3v) is 4.69. The second-order valence-electron chi connectivity index (χ2n) is 6.88. The molecule has 2 aromatic heterocycles. The fourth-order valence-electron chi connectivity index (χ4n) is 3.29. The summed E-state index contributed by atoms with van der Waals surface area (Å²) in [5.74, 6) is 0.144. The molecule has 1 aromatic carbocycles. The first-order valence-electron chi connectivity index (χ1n) is 11.1. The molecular weight excluding hydrogens is 432 g/mol. The molecule has 0 atom stereocenters. The molecule has 0 spiro atoms. The summed E-state index contributed by atoms with van der Waals surface area (Å²) in [6.45, 7) is 9.76. The van der Waals surface area contributed by atoms with Crippen molar-refractivity contribution in [3.05, 3.63) is 77.1 Å². The number of anilines is 2. The topological polar surface area (TPSA) is 113 Å². The number of aromatic amines is 1. The van der Waals surface area contributed by atoms with E-state index in [1.54, 1.807) is 31.0 Å². The van der Waals surface area contributed by atoms with E-state index in [4.69, 9.17) is 4.74 Å². The number of imidazole rings is 1. The summed E-state index contributed by atoms with van der Waals surface area (Å²) in [6.07, 6.45) is 7.12. The molecule has 3 rings (SSSR count). The first kappa shape index (κ1) is 26.1. The normalized spacial score (nSPS) is 11.4. The number of aliphatic imine (C=N–C) groups is 1. The van der Waals surface area contributed by atoms with Gasteiger partial charge in [-0.2, -0.15) is 0 Å². The molecule has 9 heteroatoms. The molecule has 0 aliphatic carbocycles. The number of carbonyl (C=O) groups excluding carboxylic acids is 1. The Morgan fingerprint density at radius 3 is 2.74 bits per heavy atom. The van der Waals surface area contributed by atoms with Crippen molar-refractivity contribution in [3.63, 3.8) is 0 Å². The number of ether oxygens (including phenoxy) is 1. The summed E-state index contributed by atoms with van der Waals surface area (Å²) in [7, 11) is 3.20. The molecule has 0 saturated carbocycles. The van der Waals surface area contributed by atoms with E-state index in [1.165, 1.54) is 12.4 Å². The molecule has 2 heterocycles. The van der Waals surface area contributed by atoms with Gasteiger partial charge in [-0.15, -0.1) is 0 Å². The number of methoxy groups -OCH3 is 1. The molecule has 34 heavy (non-hydrogen) atoms. The van der Waals surface area contributed by atoms with Crippen LogP contribution in [0.4, 0.5) is 11.4 Å². The van der Waals surface area contributed by atoms with Crippen LogP contribution >= 0.6 is 0 Å². The van der Waals surface area contributed by atoms with Crippen molar-refractivity contribution < 1.29 is 9.53 Å². The van der Waals surface area contributed by atoms with Gasteiger partial charge in [0.25, 0.3) is 5.56 Å². The van der Waals surface area contributed by atoms with Gasteiger partial charge < -0.3 is 24.9 Å². The number of carbonyl (C=O) groups is 1. The number of fused-ring (bicyclic) bond motifs is 1. The minimum absolute atomic E-state index is 0.208. The molecule has 0 saturated heterocycles. The monoisotopic (exact) mass is 464 g/mol. The van der Waals surface area contributed by atoms with E-state index in [-0.39, 0.29) is 11.5 Å². The highest BCUT2D eigenvalue weighted by molar-refractivity contribution is 5.99. The molecule has 0 unspecified atom stereocenters. The predicted molar refractivity (Wildman–Crippen MR) is 138 cm³/mol. The minimum atomic E-state index is -0.300. The van der Waals surface area contributed by atoms with Crippen molar-refractivity contribution in [1.82, 2.24) is 14.5 Å². The lowest BCUT2D eigenvalue weighted by molar-refractivity contribution is -0.111. The predicted octanol–water partition coefficient (Wildman–Crippen LogP) is 4.30. The van der Waals surface area contributed by atoms with Crippen LogP contribution in [-0.4, -0.2) is 40.5 Å². The zero-order valence-corrected chi connectivity index (χ0v) is 20.3. The van der Waals surface area contributed by atoms with Crippen LogP contribution in [0.1, 0.15) is 32.8 Å². The SMILES string of the molecule is C=CC(=O)Nc1cccc(Cn2cc(N/C(=C/CC)C(=NC)OC)c3nc[nH]c3c2=O)c1.CC. The van der Waals surface area contributed by atoms with E-state index in [0.717, 1.165) is 12.0 Å². The number of hydrogen-bond acceptors (Lipinski definition) is 6. The van der Waals surface area contributed by atoms with E-state index in [1.807, 2.05) is 45.0 Å². The lowest BCUT2D eigenvalue weighted by Gasteiger charge is -2.15. The zero-order valence-electron chi connectivity index (χ0n) is 20.3. The fraction of sp³-hybridized carbons (Fsp3) is 0.280. The number of aromatic nitrogens is 3. The Hall–Kier alpha value is -4.14. The molecule has 9 nitrogen and oxygen atoms in total. The number of nitrogens with zero attached hydrogens (tertiary/aromatic N) is 3. The molecule has 1 amide bonds. The van der Waals surface area contributed by atoms with Crippen LogP contribution in [0.25, 0.3) is 11.0 Å². The van der Waals surface area contributed by atoms with Crippen LogP contribution in [0.2, 0.25) is 0 Å². The Morgan fingerprint density at radius 1 is 1.32 bits per heavy atom. The summed E-state index contributed by atoms with van der Waals surface area (Å²) < 4.78 is 6.94. The smallest absolute Gasteiger partial charge is 0.276 e. The number of benzene rings is 1. The largest absolute Gasteiger partial charge is 0.480 e. The van der Waals surface area contributed by atoms with Crippen LogP contribution < -0.4 is 16.2 Å². The van der Waals surface area contributed by atoms with Crippen molar-refractivity contribution in [2.45, 2.75) is 33.7 Å². The lowest BCUT2D eigenvalue weighted by Crippen LogP contribution is -2.22. The van der Waals surface area contributed by atoms with Crippen molar-refractivity contribution >= 4 is 34.2 Å². The van der Waals surface area contributed by atoms with Gasteiger partial charge in [0.05, 0.1) is 31.4 Å². The zero-order chi connectivity index (χ0) is 25.1. The molecule has 3 aromatic rings. The molecule has 180 valence electrons. The molecule has 0 bridgehead atoms. The highest BCUT2D eigenvalue weighted by Gasteiger charge is 2.15. The Balaban J connectivity index is 0.00000199. The molecule has 0 aliphatic heterocycles. The Morgan fingerprint density at radius 2 is 2.09 bits per heavy atom. The third kappa shape index (κ3) is 6.22. The van der Waals surface area contributed by atoms with Crippen molar-refractivity contribution in [2.24, 2.45) is 4.99 Å². The number of rotatable bonds is 8. The average molecular weight is 465 g/mol. The molecule has 0 fully saturated rings. The molecule has 0 radical (unpaired) electrons. The summed E-state index contributed by atoms with van der Waals surface area (Å²) in [6, 6.07) is 7.29. The van der Waals surface area contributed by atoms with Gasteiger partial charge in [0.15, 0.2) is 0 Å². The third-order valence-electron chi connectivity index (χ3n) is 4.69. The number of H-pyrrole nitrogens is 1. The van der Waals surface area contributed by atoms with Crippen molar-refractivity contribution in [1.29, 1.82) is 0 Å². The van der Waals surface area contributed by atoms with Gasteiger partial charge in [0, 0.05) is 18.9 Å².